The number of rotatable bonds is 3. The molecule has 1 aromatic heterocycles. The quantitative estimate of drug-likeness (QED) is 0.936. The van der Waals surface area contributed by atoms with Crippen molar-refractivity contribution in [2.45, 2.75) is 45.1 Å². The van der Waals surface area contributed by atoms with E-state index in [-0.39, 0.29) is 0 Å². The zero-order chi connectivity index (χ0) is 16.5. The lowest BCUT2D eigenvalue weighted by Gasteiger charge is -2.37. The molecule has 2 N–H and O–H groups in total. The number of hydrogen-bond donors (Lipinski definition) is 1. The summed E-state index contributed by atoms with van der Waals surface area (Å²) in [4.78, 5) is 13.7. The highest BCUT2D eigenvalue weighted by atomic mass is 15.3. The van der Waals surface area contributed by atoms with Gasteiger partial charge in [-0.15, -0.1) is 0 Å². The van der Waals surface area contributed by atoms with Gasteiger partial charge in [0.05, 0.1) is 0 Å². The summed E-state index contributed by atoms with van der Waals surface area (Å²) in [6.45, 7) is 4.21. The Morgan fingerprint density at radius 1 is 1.12 bits per heavy atom. The Labute approximate surface area is 143 Å². The lowest BCUT2D eigenvalue weighted by atomic mass is 10.00. The third-order valence-electron chi connectivity index (χ3n) is 5.36. The smallest absolute Gasteiger partial charge is 0.161 e. The molecule has 2 aliphatic heterocycles. The average Bonchev–Trinajstić information content (AvgIpc) is 3.06. The summed E-state index contributed by atoms with van der Waals surface area (Å²) in [5.74, 6) is 1.77. The van der Waals surface area contributed by atoms with E-state index in [1.807, 2.05) is 0 Å². The molecule has 2 aliphatic rings. The van der Waals surface area contributed by atoms with E-state index in [0.717, 1.165) is 43.3 Å². The molecule has 5 heteroatoms. The predicted octanol–water partition coefficient (Wildman–Crippen LogP) is 3.52. The van der Waals surface area contributed by atoms with Crippen LogP contribution in [0, 0.1) is 0 Å². The summed E-state index contributed by atoms with van der Waals surface area (Å²) in [6.07, 6.45) is 7.57. The van der Waals surface area contributed by atoms with E-state index in [0.29, 0.717) is 6.04 Å². The van der Waals surface area contributed by atoms with Crippen LogP contribution in [-0.4, -0.2) is 29.1 Å². The number of hydrogen-bond acceptors (Lipinski definition) is 5. The van der Waals surface area contributed by atoms with Crippen molar-refractivity contribution in [1.29, 1.82) is 0 Å². The minimum absolute atomic E-state index is 0.537. The Morgan fingerprint density at radius 2 is 1.96 bits per heavy atom. The van der Waals surface area contributed by atoms with E-state index >= 15 is 0 Å². The minimum Gasteiger partial charge on any atom is -0.393 e. The Bertz CT molecular complexity index is 729. The Balaban J connectivity index is 1.72. The number of benzene rings is 1. The maximum absolute atomic E-state index is 6.56. The first-order chi connectivity index (χ1) is 11.8. The maximum atomic E-state index is 6.56. The molecule has 126 valence electrons. The highest BCUT2D eigenvalue weighted by Gasteiger charge is 2.28. The van der Waals surface area contributed by atoms with Crippen LogP contribution in [0.15, 0.2) is 30.6 Å². The fraction of sp³-hybridized carbons (Fsp3) is 0.474. The van der Waals surface area contributed by atoms with Crippen LogP contribution >= 0.6 is 0 Å². The number of nitrogens with zero attached hydrogens (tertiary/aromatic N) is 4. The predicted molar refractivity (Wildman–Crippen MR) is 98.9 cm³/mol. The third kappa shape index (κ3) is 2.48. The summed E-state index contributed by atoms with van der Waals surface area (Å²) in [5.41, 5.74) is 9.86. The lowest BCUT2D eigenvalue weighted by molar-refractivity contribution is 0.447. The van der Waals surface area contributed by atoms with Gasteiger partial charge in [-0.3, -0.25) is 0 Å². The van der Waals surface area contributed by atoms with E-state index in [4.69, 9.17) is 5.73 Å². The van der Waals surface area contributed by atoms with Crippen LogP contribution in [-0.2, 0) is 6.42 Å². The van der Waals surface area contributed by atoms with Crippen LogP contribution < -0.4 is 15.5 Å². The molecule has 0 spiro atoms. The zero-order valence-electron chi connectivity index (χ0n) is 14.3. The zero-order valence-corrected chi connectivity index (χ0v) is 14.3. The van der Waals surface area contributed by atoms with E-state index in [2.05, 4.69) is 51.0 Å². The van der Waals surface area contributed by atoms with Crippen molar-refractivity contribution in [3.63, 3.8) is 0 Å². The number of fused-ring (bicyclic) bond motifs is 1. The second-order valence-electron chi connectivity index (χ2n) is 6.72. The van der Waals surface area contributed by atoms with Crippen LogP contribution in [0.25, 0.3) is 0 Å². The number of piperidine rings is 1. The van der Waals surface area contributed by atoms with Gasteiger partial charge in [-0.25, -0.2) is 9.97 Å². The molecule has 1 fully saturated rings. The van der Waals surface area contributed by atoms with Crippen LogP contribution in [0.1, 0.15) is 38.2 Å². The standard InChI is InChI=1S/C19H25N5/c1-2-15-8-5-6-11-23(15)18-17(20)19(22-13-21-18)24-12-10-14-7-3-4-9-16(14)24/h3-4,7,9,13,15H,2,5-6,8,10-12,20H2,1H3. The molecule has 0 amide bonds. The summed E-state index contributed by atoms with van der Waals surface area (Å²) in [5, 5.41) is 0. The number of para-hydroxylation sites is 1. The van der Waals surface area contributed by atoms with Crippen LogP contribution in [0.3, 0.4) is 0 Å². The minimum atomic E-state index is 0.537. The van der Waals surface area contributed by atoms with Gasteiger partial charge in [0.15, 0.2) is 11.6 Å². The van der Waals surface area contributed by atoms with Crippen molar-refractivity contribution >= 4 is 23.0 Å². The Hall–Kier alpha value is -2.30. The molecule has 1 unspecified atom stereocenters. The second-order valence-corrected chi connectivity index (χ2v) is 6.72. The third-order valence-corrected chi connectivity index (χ3v) is 5.36. The molecule has 24 heavy (non-hydrogen) atoms. The number of nitrogens with two attached hydrogens (primary N) is 1. The molecule has 1 atom stereocenters. The van der Waals surface area contributed by atoms with Crippen molar-refractivity contribution in [3.8, 4) is 0 Å². The SMILES string of the molecule is CCC1CCCCN1c1ncnc(N2CCc3ccccc32)c1N. The average molecular weight is 323 g/mol. The summed E-state index contributed by atoms with van der Waals surface area (Å²) >= 11 is 0. The van der Waals surface area contributed by atoms with E-state index in [1.165, 1.54) is 30.5 Å². The van der Waals surface area contributed by atoms with Gasteiger partial charge in [0.25, 0.3) is 0 Å². The van der Waals surface area contributed by atoms with Gasteiger partial charge in [0.1, 0.15) is 12.0 Å². The molecule has 1 saturated heterocycles. The molecule has 5 nitrogen and oxygen atoms in total. The Morgan fingerprint density at radius 3 is 2.83 bits per heavy atom. The molecule has 0 bridgehead atoms. The topological polar surface area (TPSA) is 58.3 Å². The van der Waals surface area contributed by atoms with Crippen LogP contribution in [0.5, 0.6) is 0 Å². The lowest BCUT2D eigenvalue weighted by Crippen LogP contribution is -2.40. The van der Waals surface area contributed by atoms with Gasteiger partial charge in [-0.1, -0.05) is 25.1 Å². The van der Waals surface area contributed by atoms with Gasteiger partial charge in [-0.05, 0) is 43.7 Å². The number of nitrogen functional groups attached to an aromatic ring is 1. The first-order valence-electron chi connectivity index (χ1n) is 9.02. The van der Waals surface area contributed by atoms with Crippen molar-refractivity contribution < 1.29 is 0 Å². The molecule has 0 aliphatic carbocycles. The molecule has 3 heterocycles. The van der Waals surface area contributed by atoms with Gasteiger partial charge >= 0.3 is 0 Å². The summed E-state index contributed by atoms with van der Waals surface area (Å²) in [7, 11) is 0. The fourth-order valence-corrected chi connectivity index (χ4v) is 4.08. The summed E-state index contributed by atoms with van der Waals surface area (Å²) in [6, 6.07) is 9.05. The fourth-order valence-electron chi connectivity index (χ4n) is 4.08. The molecule has 4 rings (SSSR count). The van der Waals surface area contributed by atoms with E-state index < -0.39 is 0 Å². The van der Waals surface area contributed by atoms with E-state index in [1.54, 1.807) is 6.33 Å². The Kier molecular flexibility index (Phi) is 4.00. The van der Waals surface area contributed by atoms with Crippen molar-refractivity contribution in [2.24, 2.45) is 0 Å². The van der Waals surface area contributed by atoms with E-state index in [9.17, 15) is 0 Å². The van der Waals surface area contributed by atoms with Crippen LogP contribution in [0.2, 0.25) is 0 Å². The van der Waals surface area contributed by atoms with Gasteiger partial charge < -0.3 is 15.5 Å². The normalized spacial score (nSPS) is 20.3. The van der Waals surface area contributed by atoms with Crippen molar-refractivity contribution in [3.05, 3.63) is 36.2 Å². The van der Waals surface area contributed by atoms with Gasteiger partial charge in [0.2, 0.25) is 0 Å². The van der Waals surface area contributed by atoms with Gasteiger partial charge in [-0.2, -0.15) is 0 Å². The second kappa shape index (κ2) is 6.30. The molecular weight excluding hydrogens is 298 g/mol. The first-order valence-corrected chi connectivity index (χ1v) is 9.02. The molecule has 0 radical (unpaired) electrons. The van der Waals surface area contributed by atoms with Crippen molar-refractivity contribution in [2.75, 3.05) is 28.6 Å². The molecule has 2 aromatic rings. The largest absolute Gasteiger partial charge is 0.393 e. The molecular formula is C19H25N5. The highest BCUT2D eigenvalue weighted by Crippen LogP contribution is 2.39. The maximum Gasteiger partial charge on any atom is 0.161 e. The molecule has 1 aromatic carbocycles. The number of anilines is 4. The van der Waals surface area contributed by atoms with Gasteiger partial charge in [0, 0.05) is 24.8 Å². The summed E-state index contributed by atoms with van der Waals surface area (Å²) < 4.78 is 0. The van der Waals surface area contributed by atoms with Crippen LogP contribution in [0.4, 0.5) is 23.0 Å². The highest BCUT2D eigenvalue weighted by molar-refractivity contribution is 5.81. The monoisotopic (exact) mass is 323 g/mol. The number of aromatic nitrogens is 2. The van der Waals surface area contributed by atoms with Crippen molar-refractivity contribution in [1.82, 2.24) is 9.97 Å². The first kappa shape index (κ1) is 15.2. The molecule has 0 saturated carbocycles.